The van der Waals surface area contributed by atoms with E-state index in [4.69, 9.17) is 21.1 Å². The van der Waals surface area contributed by atoms with Gasteiger partial charge in [-0.3, -0.25) is 24.1 Å². The standard InChI is InChI=1S/C27H22ClN3O6S/c1-36-20-10-8-19(9-11-20)29-24(32)15-31-26(34)23(38-27(31)35)14-17-7-12-22(21(28)13-17)37-16-25(33)30-18-5-3-2-4-6-18/h2-14H,15-16H2,1H3,(H,29,32)(H,30,33)/b23-14+. The number of para-hydroxylation sites is 1. The number of nitrogens with one attached hydrogen (secondary N) is 2. The number of methoxy groups -OCH3 is 1. The minimum Gasteiger partial charge on any atom is -0.497 e. The molecule has 0 unspecified atom stereocenters. The Morgan fingerprint density at radius 2 is 1.63 bits per heavy atom. The van der Waals surface area contributed by atoms with Crippen molar-refractivity contribution in [1.82, 2.24) is 4.90 Å². The first-order valence-electron chi connectivity index (χ1n) is 11.3. The van der Waals surface area contributed by atoms with E-state index in [0.29, 0.717) is 22.7 Å². The van der Waals surface area contributed by atoms with Crippen LogP contribution in [0.25, 0.3) is 6.08 Å². The lowest BCUT2D eigenvalue weighted by atomic mass is 10.2. The zero-order valence-corrected chi connectivity index (χ0v) is 21.7. The van der Waals surface area contributed by atoms with Crippen LogP contribution in [-0.4, -0.2) is 48.1 Å². The summed E-state index contributed by atoms with van der Waals surface area (Å²) >= 11 is 7.03. The average molecular weight is 552 g/mol. The molecule has 0 aliphatic carbocycles. The summed E-state index contributed by atoms with van der Waals surface area (Å²) in [6.07, 6.45) is 1.50. The predicted octanol–water partition coefficient (Wildman–Crippen LogP) is 5.04. The second-order valence-electron chi connectivity index (χ2n) is 7.94. The van der Waals surface area contributed by atoms with Crippen molar-refractivity contribution in [3.05, 3.63) is 88.3 Å². The van der Waals surface area contributed by atoms with Crippen molar-refractivity contribution in [3.8, 4) is 11.5 Å². The Bertz CT molecular complexity index is 1400. The second kappa shape index (κ2) is 12.3. The van der Waals surface area contributed by atoms with Crippen LogP contribution >= 0.6 is 23.4 Å². The molecule has 11 heteroatoms. The topological polar surface area (TPSA) is 114 Å². The number of anilines is 2. The molecule has 9 nitrogen and oxygen atoms in total. The SMILES string of the molecule is COc1ccc(NC(=O)CN2C(=O)S/C(=C/c3ccc(OCC(=O)Nc4ccccc4)c(Cl)c3)C2=O)cc1. The van der Waals surface area contributed by atoms with Crippen molar-refractivity contribution in [3.63, 3.8) is 0 Å². The molecule has 0 bridgehead atoms. The summed E-state index contributed by atoms with van der Waals surface area (Å²) < 4.78 is 10.6. The number of benzene rings is 3. The number of hydrogen-bond acceptors (Lipinski definition) is 7. The number of imide groups is 1. The molecule has 38 heavy (non-hydrogen) atoms. The fourth-order valence-electron chi connectivity index (χ4n) is 3.39. The highest BCUT2D eigenvalue weighted by molar-refractivity contribution is 8.18. The van der Waals surface area contributed by atoms with Gasteiger partial charge in [0.25, 0.3) is 17.1 Å². The van der Waals surface area contributed by atoms with E-state index in [9.17, 15) is 19.2 Å². The Morgan fingerprint density at radius 3 is 2.32 bits per heavy atom. The number of ether oxygens (including phenoxy) is 2. The molecule has 194 valence electrons. The molecule has 1 aliphatic rings. The van der Waals surface area contributed by atoms with E-state index in [-0.39, 0.29) is 28.2 Å². The average Bonchev–Trinajstić information content (AvgIpc) is 3.16. The van der Waals surface area contributed by atoms with Crippen LogP contribution in [0.2, 0.25) is 5.02 Å². The summed E-state index contributed by atoms with van der Waals surface area (Å²) in [6.45, 7) is -0.669. The molecule has 0 aromatic heterocycles. The van der Waals surface area contributed by atoms with Crippen LogP contribution in [0.4, 0.5) is 16.2 Å². The van der Waals surface area contributed by atoms with Gasteiger partial charge in [-0.1, -0.05) is 35.9 Å². The lowest BCUT2D eigenvalue weighted by Crippen LogP contribution is -2.36. The molecule has 3 aromatic carbocycles. The molecule has 0 spiro atoms. The van der Waals surface area contributed by atoms with Crippen LogP contribution in [0, 0.1) is 0 Å². The summed E-state index contributed by atoms with van der Waals surface area (Å²) in [5.74, 6) is -0.526. The van der Waals surface area contributed by atoms with Gasteiger partial charge in [0.2, 0.25) is 5.91 Å². The van der Waals surface area contributed by atoms with Crippen LogP contribution in [-0.2, 0) is 14.4 Å². The highest BCUT2D eigenvalue weighted by Gasteiger charge is 2.36. The molecule has 1 saturated heterocycles. The van der Waals surface area contributed by atoms with Gasteiger partial charge in [-0.25, -0.2) is 0 Å². The normalized spacial score (nSPS) is 13.9. The van der Waals surface area contributed by atoms with E-state index in [1.165, 1.54) is 13.2 Å². The number of hydrogen-bond donors (Lipinski definition) is 2. The van der Waals surface area contributed by atoms with Crippen molar-refractivity contribution in [2.45, 2.75) is 0 Å². The van der Waals surface area contributed by atoms with Gasteiger partial charge in [-0.2, -0.15) is 0 Å². The zero-order valence-electron chi connectivity index (χ0n) is 20.1. The van der Waals surface area contributed by atoms with Crippen LogP contribution in [0.3, 0.4) is 0 Å². The van der Waals surface area contributed by atoms with Gasteiger partial charge >= 0.3 is 0 Å². The van der Waals surface area contributed by atoms with Crippen LogP contribution < -0.4 is 20.1 Å². The number of amides is 4. The lowest BCUT2D eigenvalue weighted by Gasteiger charge is -2.12. The first-order chi connectivity index (χ1) is 18.3. The lowest BCUT2D eigenvalue weighted by molar-refractivity contribution is -0.127. The van der Waals surface area contributed by atoms with Crippen molar-refractivity contribution in [2.75, 3.05) is 30.9 Å². The second-order valence-corrected chi connectivity index (χ2v) is 9.34. The monoisotopic (exact) mass is 551 g/mol. The Kier molecular flexibility index (Phi) is 8.67. The van der Waals surface area contributed by atoms with Crippen molar-refractivity contribution >= 4 is 63.8 Å². The molecule has 1 fully saturated rings. The number of carbonyl (C=O) groups is 4. The molecule has 3 aromatic rings. The molecule has 0 radical (unpaired) electrons. The highest BCUT2D eigenvalue weighted by atomic mass is 35.5. The summed E-state index contributed by atoms with van der Waals surface area (Å²) in [4.78, 5) is 50.7. The fraction of sp³-hybridized carbons (Fsp3) is 0.111. The smallest absolute Gasteiger partial charge is 0.294 e. The largest absolute Gasteiger partial charge is 0.497 e. The minimum atomic E-state index is -0.584. The molecule has 4 rings (SSSR count). The van der Waals surface area contributed by atoms with Crippen molar-refractivity contribution < 1.29 is 28.7 Å². The maximum absolute atomic E-state index is 12.8. The quantitative estimate of drug-likeness (QED) is 0.358. The van der Waals surface area contributed by atoms with E-state index < -0.39 is 23.6 Å². The first kappa shape index (κ1) is 26.8. The summed E-state index contributed by atoms with van der Waals surface area (Å²) in [5, 5.41) is 5.02. The summed E-state index contributed by atoms with van der Waals surface area (Å²) in [7, 11) is 1.53. The molecular weight excluding hydrogens is 530 g/mol. The van der Waals surface area contributed by atoms with E-state index >= 15 is 0 Å². The van der Waals surface area contributed by atoms with Gasteiger partial charge in [0.1, 0.15) is 18.0 Å². The maximum atomic E-state index is 12.8. The van der Waals surface area contributed by atoms with Crippen molar-refractivity contribution in [1.29, 1.82) is 0 Å². The minimum absolute atomic E-state index is 0.152. The number of thioether (sulfide) groups is 1. The molecule has 0 saturated carbocycles. The number of halogens is 1. The third kappa shape index (κ3) is 6.93. The number of nitrogens with zero attached hydrogens (tertiary/aromatic N) is 1. The Balaban J connectivity index is 1.34. The molecule has 0 atom stereocenters. The Labute approximate surface area is 227 Å². The summed E-state index contributed by atoms with van der Waals surface area (Å²) in [5.41, 5.74) is 1.70. The van der Waals surface area contributed by atoms with E-state index in [2.05, 4.69) is 10.6 Å². The van der Waals surface area contributed by atoms with E-state index in [0.717, 1.165) is 16.7 Å². The van der Waals surface area contributed by atoms with Crippen LogP contribution in [0.5, 0.6) is 11.5 Å². The van der Waals surface area contributed by atoms with E-state index in [1.807, 2.05) is 6.07 Å². The zero-order chi connectivity index (χ0) is 27.1. The third-order valence-corrected chi connectivity index (χ3v) is 6.42. The van der Waals surface area contributed by atoms with Gasteiger partial charge in [0, 0.05) is 11.4 Å². The molecule has 1 aliphatic heterocycles. The van der Waals surface area contributed by atoms with Gasteiger partial charge in [0.15, 0.2) is 6.61 Å². The van der Waals surface area contributed by atoms with E-state index in [1.54, 1.807) is 66.7 Å². The van der Waals surface area contributed by atoms with Crippen LogP contribution in [0.15, 0.2) is 77.7 Å². The van der Waals surface area contributed by atoms with Gasteiger partial charge < -0.3 is 20.1 Å². The number of rotatable bonds is 9. The van der Waals surface area contributed by atoms with Gasteiger partial charge in [-0.15, -0.1) is 0 Å². The highest BCUT2D eigenvalue weighted by Crippen LogP contribution is 2.33. The molecule has 2 N–H and O–H groups in total. The van der Waals surface area contributed by atoms with Crippen LogP contribution in [0.1, 0.15) is 5.56 Å². The molecule has 4 amide bonds. The maximum Gasteiger partial charge on any atom is 0.294 e. The van der Waals surface area contributed by atoms with Gasteiger partial charge in [-0.05, 0) is 71.9 Å². The predicted molar refractivity (Wildman–Crippen MR) is 146 cm³/mol. The Hall–Kier alpha value is -4.28. The van der Waals surface area contributed by atoms with Crippen molar-refractivity contribution in [2.24, 2.45) is 0 Å². The molecule has 1 heterocycles. The van der Waals surface area contributed by atoms with Gasteiger partial charge in [0.05, 0.1) is 17.0 Å². The number of carbonyl (C=O) groups excluding carboxylic acids is 4. The summed E-state index contributed by atoms with van der Waals surface area (Å²) in [6, 6.07) is 20.4. The first-order valence-corrected chi connectivity index (χ1v) is 12.5. The Morgan fingerprint density at radius 1 is 0.947 bits per heavy atom. The molecular formula is C27H22ClN3O6S. The third-order valence-electron chi connectivity index (χ3n) is 5.22. The fourth-order valence-corrected chi connectivity index (χ4v) is 4.47.